The monoisotopic (exact) mass is 458 g/mol. The number of hydrogen-bond donors (Lipinski definition) is 1. The van der Waals surface area contributed by atoms with Crippen molar-refractivity contribution in [3.63, 3.8) is 0 Å². The first kappa shape index (κ1) is 21.2. The van der Waals surface area contributed by atoms with E-state index in [-0.39, 0.29) is 19.4 Å². The highest BCUT2D eigenvalue weighted by atomic mass is 19.4. The van der Waals surface area contributed by atoms with Crippen molar-refractivity contribution in [2.75, 3.05) is 18.4 Å². The number of fused-ring (bicyclic) bond motifs is 2. The first-order valence-corrected chi connectivity index (χ1v) is 10.5. The number of anilines is 1. The molecule has 5 rings (SSSR count). The molecule has 8 nitrogen and oxygen atoms in total. The van der Waals surface area contributed by atoms with Crippen LogP contribution in [0.2, 0.25) is 0 Å². The van der Waals surface area contributed by atoms with Gasteiger partial charge in [-0.25, -0.2) is 4.98 Å². The van der Waals surface area contributed by atoms with Gasteiger partial charge in [0.25, 0.3) is 5.91 Å². The predicted octanol–water partition coefficient (Wildman–Crippen LogP) is 3.09. The largest absolute Gasteiger partial charge is 0.408 e. The van der Waals surface area contributed by atoms with Crippen LogP contribution in [0, 0.1) is 0 Å². The Hall–Kier alpha value is -3.63. The molecule has 1 unspecified atom stereocenters. The number of hydrogen-bond acceptors (Lipinski definition) is 5. The number of carbonyl (C=O) groups excluding carboxylic acids is 2. The molecular formula is C22H21F3N6O2. The number of amides is 2. The van der Waals surface area contributed by atoms with E-state index in [4.69, 9.17) is 0 Å². The SMILES string of the molecule is Cn1ncc2cc(NC3c4ccccc4C(=O)N3CC(=O)N3CCC[C@H]3C(F)(F)F)cnc21. The van der Waals surface area contributed by atoms with E-state index >= 15 is 0 Å². The van der Waals surface area contributed by atoms with Gasteiger partial charge in [0.2, 0.25) is 5.91 Å². The van der Waals surface area contributed by atoms with Crippen LogP contribution in [0.1, 0.15) is 34.9 Å². The van der Waals surface area contributed by atoms with Gasteiger partial charge in [-0.05, 0) is 25.0 Å². The third-order valence-corrected chi connectivity index (χ3v) is 6.19. The highest BCUT2D eigenvalue weighted by molar-refractivity contribution is 6.01. The molecule has 0 saturated carbocycles. The zero-order valence-corrected chi connectivity index (χ0v) is 17.7. The van der Waals surface area contributed by atoms with E-state index in [0.717, 1.165) is 10.3 Å². The summed E-state index contributed by atoms with van der Waals surface area (Å²) in [5.41, 5.74) is 2.34. The summed E-state index contributed by atoms with van der Waals surface area (Å²) < 4.78 is 41.7. The topological polar surface area (TPSA) is 83.4 Å². The second-order valence-corrected chi connectivity index (χ2v) is 8.26. The van der Waals surface area contributed by atoms with Gasteiger partial charge in [0.05, 0.1) is 18.1 Å². The van der Waals surface area contributed by atoms with E-state index < -0.39 is 36.7 Å². The van der Waals surface area contributed by atoms with Crippen LogP contribution in [0.25, 0.3) is 11.0 Å². The number of alkyl halides is 3. The normalized spacial score (nSPS) is 20.5. The molecule has 1 aromatic carbocycles. The van der Waals surface area contributed by atoms with Crippen LogP contribution in [0.5, 0.6) is 0 Å². The highest BCUT2D eigenvalue weighted by Crippen LogP contribution is 2.36. The first-order valence-electron chi connectivity index (χ1n) is 10.5. The molecule has 2 aliphatic rings. The molecule has 2 amide bonds. The molecule has 4 heterocycles. The van der Waals surface area contributed by atoms with Gasteiger partial charge in [0.1, 0.15) is 18.8 Å². The zero-order chi connectivity index (χ0) is 23.3. The Bertz CT molecular complexity index is 1240. The third-order valence-electron chi connectivity index (χ3n) is 6.19. The average Bonchev–Trinajstić information content (AvgIpc) is 3.48. The van der Waals surface area contributed by atoms with Crippen molar-refractivity contribution >= 4 is 28.5 Å². The van der Waals surface area contributed by atoms with Gasteiger partial charge in [0.15, 0.2) is 5.65 Å². The minimum Gasteiger partial charge on any atom is -0.360 e. The molecule has 2 aliphatic heterocycles. The molecule has 2 atom stereocenters. The van der Waals surface area contributed by atoms with Crippen LogP contribution in [0.3, 0.4) is 0 Å². The molecule has 33 heavy (non-hydrogen) atoms. The summed E-state index contributed by atoms with van der Waals surface area (Å²) in [5, 5.41) is 8.18. The Morgan fingerprint density at radius 1 is 1.24 bits per heavy atom. The van der Waals surface area contributed by atoms with Gasteiger partial charge >= 0.3 is 6.18 Å². The van der Waals surface area contributed by atoms with E-state index in [1.807, 2.05) is 6.07 Å². The second kappa shape index (κ2) is 7.75. The number of pyridine rings is 1. The van der Waals surface area contributed by atoms with Crippen molar-refractivity contribution in [2.24, 2.45) is 7.05 Å². The Balaban J connectivity index is 1.43. The molecule has 0 spiro atoms. The lowest BCUT2D eigenvalue weighted by Crippen LogP contribution is -2.49. The highest BCUT2D eigenvalue weighted by Gasteiger charge is 2.48. The minimum atomic E-state index is -4.49. The van der Waals surface area contributed by atoms with Crippen molar-refractivity contribution in [3.8, 4) is 0 Å². The summed E-state index contributed by atoms with van der Waals surface area (Å²) in [6.07, 6.45) is -1.81. The van der Waals surface area contributed by atoms with E-state index in [1.54, 1.807) is 48.4 Å². The van der Waals surface area contributed by atoms with Crippen molar-refractivity contribution in [3.05, 3.63) is 53.9 Å². The Morgan fingerprint density at radius 2 is 2.03 bits per heavy atom. The molecule has 1 N–H and O–H groups in total. The summed E-state index contributed by atoms with van der Waals surface area (Å²) >= 11 is 0. The summed E-state index contributed by atoms with van der Waals surface area (Å²) in [5.74, 6) is -1.13. The fourth-order valence-corrected chi connectivity index (χ4v) is 4.61. The number of rotatable bonds is 4. The maximum atomic E-state index is 13.4. The molecule has 3 aromatic rings. The van der Waals surface area contributed by atoms with Crippen LogP contribution < -0.4 is 5.32 Å². The van der Waals surface area contributed by atoms with Gasteiger partial charge in [-0.1, -0.05) is 18.2 Å². The number of likely N-dealkylation sites (tertiary alicyclic amines) is 1. The number of aryl methyl sites for hydroxylation is 1. The fraction of sp³-hybridized carbons (Fsp3) is 0.364. The quantitative estimate of drug-likeness (QED) is 0.650. The van der Waals surface area contributed by atoms with Crippen LogP contribution in [-0.2, 0) is 11.8 Å². The van der Waals surface area contributed by atoms with E-state index in [9.17, 15) is 22.8 Å². The van der Waals surface area contributed by atoms with Crippen LogP contribution in [0.4, 0.5) is 18.9 Å². The van der Waals surface area contributed by atoms with Crippen LogP contribution >= 0.6 is 0 Å². The van der Waals surface area contributed by atoms with Gasteiger partial charge in [-0.2, -0.15) is 18.3 Å². The fourth-order valence-electron chi connectivity index (χ4n) is 4.61. The van der Waals surface area contributed by atoms with Crippen molar-refractivity contribution in [1.29, 1.82) is 0 Å². The number of carbonyl (C=O) groups is 2. The van der Waals surface area contributed by atoms with Gasteiger partial charge in [0, 0.05) is 30.1 Å². The van der Waals surface area contributed by atoms with E-state index in [2.05, 4.69) is 15.4 Å². The van der Waals surface area contributed by atoms with E-state index in [1.165, 1.54) is 4.90 Å². The van der Waals surface area contributed by atoms with Crippen molar-refractivity contribution in [1.82, 2.24) is 24.6 Å². The summed E-state index contributed by atoms with van der Waals surface area (Å²) in [6, 6.07) is 6.90. The first-order chi connectivity index (χ1) is 15.7. The lowest BCUT2D eigenvalue weighted by molar-refractivity contribution is -0.182. The molecule has 1 saturated heterocycles. The average molecular weight is 458 g/mol. The van der Waals surface area contributed by atoms with Gasteiger partial charge in [-0.3, -0.25) is 14.3 Å². The van der Waals surface area contributed by atoms with Gasteiger partial charge in [-0.15, -0.1) is 0 Å². The Labute approximate surface area is 187 Å². The molecule has 0 radical (unpaired) electrons. The molecule has 0 bridgehead atoms. The standard InChI is InChI=1S/C22H21F3N6O2/c1-29-19-13(10-27-29)9-14(11-26-19)28-20-15-5-2-3-6-16(15)21(33)31(20)12-18(32)30-8-4-7-17(30)22(23,24)25/h2-3,5-6,9-11,17,20,28H,4,7-8,12H2,1H3/t17-,20?/m0/s1. The molecule has 1 fully saturated rings. The van der Waals surface area contributed by atoms with Crippen molar-refractivity contribution in [2.45, 2.75) is 31.2 Å². The lowest BCUT2D eigenvalue weighted by Gasteiger charge is -2.31. The van der Waals surface area contributed by atoms with E-state index in [0.29, 0.717) is 22.5 Å². The zero-order valence-electron chi connectivity index (χ0n) is 17.7. The summed E-state index contributed by atoms with van der Waals surface area (Å²) in [4.78, 5) is 32.5. The summed E-state index contributed by atoms with van der Waals surface area (Å²) in [7, 11) is 1.77. The smallest absolute Gasteiger partial charge is 0.360 e. The molecule has 2 aromatic heterocycles. The molecular weight excluding hydrogens is 437 g/mol. The number of halogens is 3. The molecule has 172 valence electrons. The maximum Gasteiger partial charge on any atom is 0.408 e. The summed E-state index contributed by atoms with van der Waals surface area (Å²) in [6.45, 7) is -0.433. The number of aromatic nitrogens is 3. The van der Waals surface area contributed by atoms with Crippen LogP contribution in [0.15, 0.2) is 42.7 Å². The van der Waals surface area contributed by atoms with Crippen LogP contribution in [-0.4, -0.2) is 61.7 Å². The molecule has 0 aliphatic carbocycles. The number of nitrogens with zero attached hydrogens (tertiary/aromatic N) is 5. The predicted molar refractivity (Wildman–Crippen MR) is 113 cm³/mol. The number of benzene rings is 1. The maximum absolute atomic E-state index is 13.4. The van der Waals surface area contributed by atoms with Crippen molar-refractivity contribution < 1.29 is 22.8 Å². The number of nitrogens with one attached hydrogen (secondary N) is 1. The van der Waals surface area contributed by atoms with Gasteiger partial charge < -0.3 is 15.1 Å². The third kappa shape index (κ3) is 3.66. The Kier molecular flexibility index (Phi) is 4.98. The second-order valence-electron chi connectivity index (χ2n) is 8.26. The minimum absolute atomic E-state index is 0.0255. The lowest BCUT2D eigenvalue weighted by atomic mass is 10.1. The molecule has 11 heteroatoms. The Morgan fingerprint density at radius 3 is 2.82 bits per heavy atom.